The van der Waals surface area contributed by atoms with Gasteiger partial charge in [0.25, 0.3) is 0 Å². The lowest BCUT2D eigenvalue weighted by molar-refractivity contribution is -0.185. The van der Waals surface area contributed by atoms with Gasteiger partial charge in [0.2, 0.25) is 0 Å². The topological polar surface area (TPSA) is 18.5 Å². The second-order valence-corrected chi connectivity index (χ2v) is 5.61. The molecular weight excluding hydrogens is 367 g/mol. The first-order valence-electron chi connectivity index (χ1n) is 7.80. The van der Waals surface area contributed by atoms with Crippen molar-refractivity contribution in [3.05, 3.63) is 84.2 Å². The van der Waals surface area contributed by atoms with Crippen LogP contribution in [0, 0.1) is 17.5 Å². The molecule has 0 aliphatic rings. The highest BCUT2D eigenvalue weighted by Gasteiger charge is 2.34. The number of alkyl halides is 2. The second-order valence-electron chi connectivity index (χ2n) is 5.61. The average molecular weight is 380 g/mol. The smallest absolute Gasteiger partial charge is 0.426 e. The number of fused-ring (bicyclic) bond motifs is 1. The molecule has 0 saturated heterocycles. The van der Waals surface area contributed by atoms with Gasteiger partial charge in [-0.25, -0.2) is 13.2 Å². The van der Waals surface area contributed by atoms with E-state index in [4.69, 9.17) is 9.47 Å². The number of halogens is 5. The normalized spacial score (nSPS) is 11.4. The van der Waals surface area contributed by atoms with Crippen molar-refractivity contribution in [2.24, 2.45) is 0 Å². The van der Waals surface area contributed by atoms with Crippen molar-refractivity contribution in [2.75, 3.05) is 6.61 Å². The van der Waals surface area contributed by atoms with Crippen LogP contribution in [0.25, 0.3) is 10.8 Å². The Morgan fingerprint density at radius 2 is 1.56 bits per heavy atom. The maximum Gasteiger partial charge on any atom is 0.426 e. The van der Waals surface area contributed by atoms with E-state index in [0.717, 1.165) is 30.3 Å². The van der Waals surface area contributed by atoms with Crippen LogP contribution in [-0.2, 0) is 6.11 Å². The molecule has 0 unspecified atom stereocenters. The quantitative estimate of drug-likeness (QED) is 0.299. The molecule has 0 fully saturated rings. The summed E-state index contributed by atoms with van der Waals surface area (Å²) in [5.74, 6) is -4.38. The van der Waals surface area contributed by atoms with Crippen LogP contribution in [0.5, 0.6) is 11.5 Å². The van der Waals surface area contributed by atoms with E-state index in [9.17, 15) is 22.0 Å². The first-order chi connectivity index (χ1) is 12.8. The van der Waals surface area contributed by atoms with E-state index in [2.05, 4.69) is 6.58 Å². The molecule has 0 aromatic heterocycles. The molecule has 0 bridgehead atoms. The minimum Gasteiger partial charge on any atom is -0.490 e. The SMILES string of the molecule is C=CCOc1ccc(C(F)(F)Oc2ccc3c(F)c(F)c(F)cc3c2)cc1. The molecule has 0 amide bonds. The zero-order chi connectivity index (χ0) is 19.6. The van der Waals surface area contributed by atoms with Crippen molar-refractivity contribution >= 4 is 10.8 Å². The van der Waals surface area contributed by atoms with Gasteiger partial charge in [0.1, 0.15) is 18.1 Å². The Hall–Kier alpha value is -3.09. The lowest BCUT2D eigenvalue weighted by Gasteiger charge is -2.19. The molecule has 0 aliphatic carbocycles. The number of benzene rings is 3. The first-order valence-corrected chi connectivity index (χ1v) is 7.80. The van der Waals surface area contributed by atoms with Gasteiger partial charge in [0.05, 0.1) is 5.56 Å². The molecule has 0 spiro atoms. The maximum absolute atomic E-state index is 14.4. The van der Waals surface area contributed by atoms with Crippen molar-refractivity contribution in [1.82, 2.24) is 0 Å². The highest BCUT2D eigenvalue weighted by atomic mass is 19.3. The standard InChI is InChI=1S/C20H13F5O2/c1-2-9-26-14-5-3-13(4-6-14)20(24,25)27-15-7-8-16-12(10-15)11-17(21)19(23)18(16)22/h2-8,10-11H,1,9H2. The molecule has 0 atom stereocenters. The number of rotatable bonds is 6. The molecule has 0 N–H and O–H groups in total. The van der Waals surface area contributed by atoms with Crippen molar-refractivity contribution in [2.45, 2.75) is 6.11 Å². The van der Waals surface area contributed by atoms with Crippen LogP contribution in [0.1, 0.15) is 5.56 Å². The van der Waals surface area contributed by atoms with E-state index in [1.165, 1.54) is 18.2 Å². The molecule has 140 valence electrons. The lowest BCUT2D eigenvalue weighted by atomic mass is 10.1. The number of ether oxygens (including phenoxy) is 2. The summed E-state index contributed by atoms with van der Waals surface area (Å²) in [7, 11) is 0. The Balaban J connectivity index is 1.86. The highest BCUT2D eigenvalue weighted by Crippen LogP contribution is 2.34. The van der Waals surface area contributed by atoms with Crippen LogP contribution in [0.2, 0.25) is 0 Å². The zero-order valence-corrected chi connectivity index (χ0v) is 13.8. The third-order valence-corrected chi connectivity index (χ3v) is 3.75. The fourth-order valence-corrected chi connectivity index (χ4v) is 2.45. The lowest BCUT2D eigenvalue weighted by Crippen LogP contribution is -2.21. The third-order valence-electron chi connectivity index (χ3n) is 3.75. The van der Waals surface area contributed by atoms with Crippen LogP contribution in [0.3, 0.4) is 0 Å². The molecule has 3 aromatic rings. The Bertz CT molecular complexity index is 984. The van der Waals surface area contributed by atoms with Crippen LogP contribution >= 0.6 is 0 Å². The summed E-state index contributed by atoms with van der Waals surface area (Å²) >= 11 is 0. The molecule has 3 aromatic carbocycles. The average Bonchev–Trinajstić information content (AvgIpc) is 2.64. The second kappa shape index (κ2) is 7.26. The Morgan fingerprint density at radius 3 is 2.22 bits per heavy atom. The van der Waals surface area contributed by atoms with Crippen LogP contribution in [0.4, 0.5) is 22.0 Å². The van der Waals surface area contributed by atoms with Gasteiger partial charge >= 0.3 is 6.11 Å². The Labute approximate surface area is 151 Å². The molecule has 0 aliphatic heterocycles. The van der Waals surface area contributed by atoms with Crippen molar-refractivity contribution in [3.63, 3.8) is 0 Å². The number of hydrogen-bond donors (Lipinski definition) is 0. The molecule has 27 heavy (non-hydrogen) atoms. The van der Waals surface area contributed by atoms with Gasteiger partial charge in [-0.2, -0.15) is 8.78 Å². The Morgan fingerprint density at radius 1 is 0.889 bits per heavy atom. The van der Waals surface area contributed by atoms with E-state index in [1.54, 1.807) is 0 Å². The van der Waals surface area contributed by atoms with Gasteiger partial charge in [0.15, 0.2) is 17.5 Å². The molecular formula is C20H13F5O2. The molecule has 0 radical (unpaired) electrons. The van der Waals surface area contributed by atoms with Crippen molar-refractivity contribution in [1.29, 1.82) is 0 Å². The zero-order valence-electron chi connectivity index (χ0n) is 13.8. The summed E-state index contributed by atoms with van der Waals surface area (Å²) < 4.78 is 78.9. The number of hydrogen-bond acceptors (Lipinski definition) is 2. The fourth-order valence-electron chi connectivity index (χ4n) is 2.45. The highest BCUT2D eigenvalue weighted by molar-refractivity contribution is 5.84. The van der Waals surface area contributed by atoms with Gasteiger partial charge in [-0.3, -0.25) is 0 Å². The summed E-state index contributed by atoms with van der Waals surface area (Å²) in [6, 6.07) is 8.79. The maximum atomic E-state index is 14.4. The van der Waals surface area contributed by atoms with Gasteiger partial charge in [-0.15, -0.1) is 0 Å². The predicted octanol–water partition coefficient (Wildman–Crippen LogP) is 5.95. The van der Waals surface area contributed by atoms with E-state index in [-0.39, 0.29) is 23.1 Å². The van der Waals surface area contributed by atoms with Crippen molar-refractivity contribution in [3.8, 4) is 11.5 Å². The van der Waals surface area contributed by atoms with Crippen molar-refractivity contribution < 1.29 is 31.4 Å². The van der Waals surface area contributed by atoms with Crippen LogP contribution < -0.4 is 9.47 Å². The third kappa shape index (κ3) is 3.86. The Kier molecular flexibility index (Phi) is 5.03. The monoisotopic (exact) mass is 380 g/mol. The minimum absolute atomic E-state index is 0.104. The summed E-state index contributed by atoms with van der Waals surface area (Å²) in [4.78, 5) is 0. The summed E-state index contributed by atoms with van der Waals surface area (Å²) in [6.45, 7) is 3.72. The van der Waals surface area contributed by atoms with E-state index < -0.39 is 29.1 Å². The largest absolute Gasteiger partial charge is 0.490 e. The minimum atomic E-state index is -3.71. The van der Waals surface area contributed by atoms with Gasteiger partial charge in [0, 0.05) is 5.39 Å². The van der Waals surface area contributed by atoms with E-state index >= 15 is 0 Å². The molecule has 3 rings (SSSR count). The van der Waals surface area contributed by atoms with Gasteiger partial charge < -0.3 is 9.47 Å². The first kappa shape index (κ1) is 18.7. The predicted molar refractivity (Wildman–Crippen MR) is 90.5 cm³/mol. The van der Waals surface area contributed by atoms with Crippen LogP contribution in [0.15, 0.2) is 61.2 Å². The summed E-state index contributed by atoms with van der Waals surface area (Å²) in [6.07, 6.45) is -2.19. The molecule has 0 saturated carbocycles. The van der Waals surface area contributed by atoms with E-state index in [0.29, 0.717) is 11.8 Å². The van der Waals surface area contributed by atoms with Gasteiger partial charge in [-0.05, 0) is 53.9 Å². The molecule has 7 heteroatoms. The van der Waals surface area contributed by atoms with Gasteiger partial charge in [-0.1, -0.05) is 12.7 Å². The molecule has 0 heterocycles. The van der Waals surface area contributed by atoms with Crippen LogP contribution in [-0.4, -0.2) is 6.61 Å². The summed E-state index contributed by atoms with van der Waals surface area (Å²) in [5.41, 5.74) is -0.440. The fraction of sp³-hybridized carbons (Fsp3) is 0.100. The van der Waals surface area contributed by atoms with E-state index in [1.807, 2.05) is 0 Å². The molecule has 2 nitrogen and oxygen atoms in total. The summed E-state index contributed by atoms with van der Waals surface area (Å²) in [5, 5.41) is -0.346.